The summed E-state index contributed by atoms with van der Waals surface area (Å²) in [5.41, 5.74) is 0.817. The van der Waals surface area contributed by atoms with Gasteiger partial charge in [-0.05, 0) is 34.7 Å². The van der Waals surface area contributed by atoms with Crippen molar-refractivity contribution in [3.63, 3.8) is 0 Å². The number of anilines is 1. The lowest BCUT2D eigenvalue weighted by molar-refractivity contribution is -0.115. The molecule has 1 amide bonds. The molecule has 1 aromatic heterocycles. The minimum Gasteiger partial charge on any atom is -0.325 e. The molecule has 2 aromatic carbocycles. The van der Waals surface area contributed by atoms with Crippen LogP contribution in [-0.4, -0.2) is 31.4 Å². The molecule has 0 aliphatic rings. The predicted molar refractivity (Wildman–Crippen MR) is 101 cm³/mol. The Balaban J connectivity index is 1.72. The standard InChI is InChI=1S/C18H21N5OS/c1-12(2)11-23-18(20-21-22-23)25-13(3)17(24)19-16-10-6-8-14-7-4-5-9-15(14)16/h4-10,12-13H,11H2,1-3H3,(H,19,24). The van der Waals surface area contributed by atoms with Gasteiger partial charge in [0.2, 0.25) is 11.1 Å². The lowest BCUT2D eigenvalue weighted by Crippen LogP contribution is -2.23. The zero-order valence-electron chi connectivity index (χ0n) is 14.5. The Morgan fingerprint density at radius 1 is 1.16 bits per heavy atom. The Kier molecular flexibility index (Phi) is 5.33. The number of fused-ring (bicyclic) bond motifs is 1. The Morgan fingerprint density at radius 2 is 1.92 bits per heavy atom. The third-order valence-electron chi connectivity index (χ3n) is 3.74. The predicted octanol–water partition coefficient (Wildman–Crippen LogP) is 3.60. The quantitative estimate of drug-likeness (QED) is 0.684. The lowest BCUT2D eigenvalue weighted by atomic mass is 10.1. The molecule has 130 valence electrons. The minimum atomic E-state index is -0.309. The molecule has 0 radical (unpaired) electrons. The fraction of sp³-hybridized carbons (Fsp3) is 0.333. The van der Waals surface area contributed by atoms with E-state index in [-0.39, 0.29) is 11.2 Å². The van der Waals surface area contributed by atoms with Crippen LogP contribution in [0.15, 0.2) is 47.6 Å². The molecule has 0 aliphatic carbocycles. The molecule has 0 saturated carbocycles. The molecule has 0 bridgehead atoms. The number of amides is 1. The summed E-state index contributed by atoms with van der Waals surface area (Å²) in [6.07, 6.45) is 0. The molecule has 1 heterocycles. The first kappa shape index (κ1) is 17.4. The Bertz CT molecular complexity index is 871. The molecule has 0 saturated heterocycles. The molecule has 1 atom stereocenters. The van der Waals surface area contributed by atoms with Crippen molar-refractivity contribution in [3.05, 3.63) is 42.5 Å². The van der Waals surface area contributed by atoms with E-state index in [0.717, 1.165) is 23.0 Å². The SMILES string of the molecule is CC(C)Cn1nnnc1SC(C)C(=O)Nc1cccc2ccccc12. The number of nitrogens with one attached hydrogen (secondary N) is 1. The van der Waals surface area contributed by atoms with Crippen LogP contribution in [0.25, 0.3) is 10.8 Å². The number of benzene rings is 2. The summed E-state index contributed by atoms with van der Waals surface area (Å²) >= 11 is 1.37. The molecule has 0 spiro atoms. The van der Waals surface area contributed by atoms with Crippen LogP contribution >= 0.6 is 11.8 Å². The number of rotatable bonds is 6. The van der Waals surface area contributed by atoms with Gasteiger partial charge in [-0.25, -0.2) is 4.68 Å². The monoisotopic (exact) mass is 355 g/mol. The van der Waals surface area contributed by atoms with E-state index in [1.54, 1.807) is 4.68 Å². The van der Waals surface area contributed by atoms with Crippen LogP contribution in [0.3, 0.4) is 0 Å². The summed E-state index contributed by atoms with van der Waals surface area (Å²) in [5, 5.41) is 17.3. The molecule has 0 fully saturated rings. The van der Waals surface area contributed by atoms with Gasteiger partial charge in [-0.3, -0.25) is 4.79 Å². The van der Waals surface area contributed by atoms with Crippen molar-refractivity contribution >= 4 is 34.1 Å². The molecule has 1 N–H and O–H groups in total. The van der Waals surface area contributed by atoms with Gasteiger partial charge in [0.15, 0.2) is 0 Å². The normalized spacial score (nSPS) is 12.5. The van der Waals surface area contributed by atoms with Gasteiger partial charge in [0, 0.05) is 17.6 Å². The van der Waals surface area contributed by atoms with Gasteiger partial charge in [0.25, 0.3) is 0 Å². The summed E-state index contributed by atoms with van der Waals surface area (Å²) in [4.78, 5) is 12.6. The van der Waals surface area contributed by atoms with Crippen LogP contribution < -0.4 is 5.32 Å². The van der Waals surface area contributed by atoms with Gasteiger partial charge in [-0.15, -0.1) is 5.10 Å². The zero-order chi connectivity index (χ0) is 17.8. The lowest BCUT2D eigenvalue weighted by Gasteiger charge is -2.13. The number of hydrogen-bond donors (Lipinski definition) is 1. The maximum atomic E-state index is 12.6. The first-order chi connectivity index (χ1) is 12.0. The van der Waals surface area contributed by atoms with Crippen molar-refractivity contribution in [3.8, 4) is 0 Å². The van der Waals surface area contributed by atoms with Crippen LogP contribution in [0.4, 0.5) is 5.69 Å². The van der Waals surface area contributed by atoms with Gasteiger partial charge in [-0.2, -0.15) is 0 Å². The van der Waals surface area contributed by atoms with Gasteiger partial charge in [0.05, 0.1) is 5.25 Å². The number of carbonyl (C=O) groups excluding carboxylic acids is 1. The van der Waals surface area contributed by atoms with Crippen LogP contribution in [0, 0.1) is 5.92 Å². The van der Waals surface area contributed by atoms with Gasteiger partial charge >= 0.3 is 0 Å². The third kappa shape index (κ3) is 4.17. The van der Waals surface area contributed by atoms with E-state index in [2.05, 4.69) is 34.7 Å². The summed E-state index contributed by atoms with van der Waals surface area (Å²) in [7, 11) is 0. The fourth-order valence-corrected chi connectivity index (χ4v) is 3.32. The number of thioether (sulfide) groups is 1. The van der Waals surface area contributed by atoms with E-state index in [1.807, 2.05) is 49.4 Å². The van der Waals surface area contributed by atoms with Crippen LogP contribution in [0.2, 0.25) is 0 Å². The molecule has 25 heavy (non-hydrogen) atoms. The molecule has 7 heteroatoms. The largest absolute Gasteiger partial charge is 0.325 e. The first-order valence-electron chi connectivity index (χ1n) is 8.26. The molecular formula is C18H21N5OS. The second-order valence-electron chi connectivity index (χ2n) is 6.31. The summed E-state index contributed by atoms with van der Waals surface area (Å²) in [5.74, 6) is 0.364. The highest BCUT2D eigenvalue weighted by molar-refractivity contribution is 8.00. The van der Waals surface area contributed by atoms with Crippen molar-refractivity contribution in [2.75, 3.05) is 5.32 Å². The van der Waals surface area contributed by atoms with Gasteiger partial charge < -0.3 is 5.32 Å². The van der Waals surface area contributed by atoms with E-state index in [1.165, 1.54) is 11.8 Å². The number of aromatic nitrogens is 4. The summed E-state index contributed by atoms with van der Waals surface area (Å²) in [6.45, 7) is 6.80. The second-order valence-corrected chi connectivity index (χ2v) is 7.62. The highest BCUT2D eigenvalue weighted by Crippen LogP contribution is 2.26. The van der Waals surface area contributed by atoms with Crippen molar-refractivity contribution in [2.24, 2.45) is 5.92 Å². The molecule has 0 aliphatic heterocycles. The average Bonchev–Trinajstić information content (AvgIpc) is 3.01. The molecule has 6 nitrogen and oxygen atoms in total. The van der Waals surface area contributed by atoms with Crippen molar-refractivity contribution in [2.45, 2.75) is 37.7 Å². The van der Waals surface area contributed by atoms with E-state index >= 15 is 0 Å². The summed E-state index contributed by atoms with van der Waals surface area (Å²) in [6, 6.07) is 13.9. The highest BCUT2D eigenvalue weighted by Gasteiger charge is 2.19. The highest BCUT2D eigenvalue weighted by atomic mass is 32.2. The van der Waals surface area contributed by atoms with Crippen LogP contribution in [-0.2, 0) is 11.3 Å². The van der Waals surface area contributed by atoms with E-state index in [4.69, 9.17) is 0 Å². The van der Waals surface area contributed by atoms with E-state index < -0.39 is 0 Å². The van der Waals surface area contributed by atoms with Gasteiger partial charge in [0.1, 0.15) is 0 Å². The second kappa shape index (κ2) is 7.65. The number of hydrogen-bond acceptors (Lipinski definition) is 5. The average molecular weight is 355 g/mol. The molecular weight excluding hydrogens is 334 g/mol. The van der Waals surface area contributed by atoms with Crippen molar-refractivity contribution in [1.29, 1.82) is 0 Å². The molecule has 3 aromatic rings. The third-order valence-corrected chi connectivity index (χ3v) is 4.81. The van der Waals surface area contributed by atoms with E-state index in [9.17, 15) is 4.79 Å². The molecule has 3 rings (SSSR count). The Labute approximate surface area is 151 Å². The number of nitrogens with zero attached hydrogens (tertiary/aromatic N) is 4. The maximum absolute atomic E-state index is 12.6. The maximum Gasteiger partial charge on any atom is 0.237 e. The fourth-order valence-electron chi connectivity index (χ4n) is 2.52. The van der Waals surface area contributed by atoms with Crippen LogP contribution in [0.1, 0.15) is 20.8 Å². The zero-order valence-corrected chi connectivity index (χ0v) is 15.3. The Morgan fingerprint density at radius 3 is 2.72 bits per heavy atom. The van der Waals surface area contributed by atoms with Crippen molar-refractivity contribution < 1.29 is 4.79 Å². The summed E-state index contributed by atoms with van der Waals surface area (Å²) < 4.78 is 1.75. The number of tetrazole rings is 1. The first-order valence-corrected chi connectivity index (χ1v) is 9.14. The van der Waals surface area contributed by atoms with E-state index in [0.29, 0.717) is 11.1 Å². The Hall–Kier alpha value is -2.41. The van der Waals surface area contributed by atoms with Crippen molar-refractivity contribution in [1.82, 2.24) is 20.2 Å². The smallest absolute Gasteiger partial charge is 0.237 e. The van der Waals surface area contributed by atoms with Crippen LogP contribution in [0.5, 0.6) is 0 Å². The topological polar surface area (TPSA) is 72.7 Å². The molecule has 1 unspecified atom stereocenters. The minimum absolute atomic E-state index is 0.0690. The number of carbonyl (C=O) groups is 1. The van der Waals surface area contributed by atoms with Gasteiger partial charge in [-0.1, -0.05) is 62.0 Å².